The van der Waals surface area contributed by atoms with E-state index in [9.17, 15) is 14.7 Å². The van der Waals surface area contributed by atoms with E-state index in [2.05, 4.69) is 20.6 Å². The summed E-state index contributed by atoms with van der Waals surface area (Å²) in [6.45, 7) is 5.33. The maximum Gasteiger partial charge on any atom is 0.343 e. The number of ether oxygens (including phenoxy) is 1. The Morgan fingerprint density at radius 2 is 1.91 bits per heavy atom. The third-order valence-corrected chi connectivity index (χ3v) is 5.65. The summed E-state index contributed by atoms with van der Waals surface area (Å²) < 4.78 is 10.4. The first-order valence-electron chi connectivity index (χ1n) is 11.2. The van der Waals surface area contributed by atoms with E-state index >= 15 is 0 Å². The highest BCUT2D eigenvalue weighted by atomic mass is 16.5. The van der Waals surface area contributed by atoms with Gasteiger partial charge in [-0.1, -0.05) is 30.3 Å². The van der Waals surface area contributed by atoms with Crippen molar-refractivity contribution in [2.24, 2.45) is 0 Å². The first kappa shape index (κ1) is 23.9. The van der Waals surface area contributed by atoms with Crippen molar-refractivity contribution in [3.63, 3.8) is 0 Å². The summed E-state index contributed by atoms with van der Waals surface area (Å²) in [5.74, 6) is 0.422. The van der Waals surface area contributed by atoms with Crippen molar-refractivity contribution < 1.29 is 19.1 Å². The number of aliphatic hydroxyl groups is 1. The molecule has 9 nitrogen and oxygen atoms in total. The summed E-state index contributed by atoms with van der Waals surface area (Å²) in [4.78, 5) is 33.5. The van der Waals surface area contributed by atoms with Crippen LogP contribution in [0.5, 0.6) is 0 Å². The lowest BCUT2D eigenvalue weighted by atomic mass is 10.1. The van der Waals surface area contributed by atoms with Gasteiger partial charge in [-0.15, -0.1) is 0 Å². The summed E-state index contributed by atoms with van der Waals surface area (Å²) in [7, 11) is 0. The van der Waals surface area contributed by atoms with E-state index in [0.717, 1.165) is 16.5 Å². The minimum atomic E-state index is -0.574. The first-order valence-corrected chi connectivity index (χ1v) is 11.2. The van der Waals surface area contributed by atoms with E-state index < -0.39 is 17.6 Å². The van der Waals surface area contributed by atoms with E-state index in [4.69, 9.17) is 9.15 Å². The van der Waals surface area contributed by atoms with Crippen molar-refractivity contribution in [2.45, 2.75) is 26.8 Å². The second kappa shape index (κ2) is 10.4. The average Bonchev–Trinajstić information content (AvgIpc) is 2.86. The third kappa shape index (κ3) is 5.15. The summed E-state index contributed by atoms with van der Waals surface area (Å²) >= 11 is 0. The van der Waals surface area contributed by atoms with Crippen molar-refractivity contribution in [1.82, 2.24) is 9.97 Å². The smallest absolute Gasteiger partial charge is 0.343 e. The topological polar surface area (TPSA) is 127 Å². The summed E-state index contributed by atoms with van der Waals surface area (Å²) in [6, 6.07) is 14.1. The maximum absolute atomic E-state index is 12.5. The zero-order chi connectivity index (χ0) is 24.9. The molecule has 0 aliphatic rings. The number of aryl methyl sites for hydroxylation is 2. The van der Waals surface area contributed by atoms with Crippen molar-refractivity contribution in [3.8, 4) is 0 Å². The van der Waals surface area contributed by atoms with Crippen LogP contribution in [0, 0.1) is 13.8 Å². The Kier molecular flexibility index (Phi) is 7.07. The molecule has 35 heavy (non-hydrogen) atoms. The lowest BCUT2D eigenvalue weighted by molar-refractivity contribution is 0.0526. The van der Waals surface area contributed by atoms with Gasteiger partial charge in [0.15, 0.2) is 0 Å². The van der Waals surface area contributed by atoms with Crippen LogP contribution in [-0.2, 0) is 4.74 Å². The molecule has 0 amide bonds. The minimum Gasteiger partial charge on any atom is -0.462 e. The number of fused-ring (bicyclic) bond motifs is 1. The van der Waals surface area contributed by atoms with Crippen molar-refractivity contribution >= 4 is 34.2 Å². The molecule has 0 aliphatic heterocycles. The SMILES string of the molecule is CCOC(=O)c1cnc(Nc2ccc3c(=O)oc(C)c(C)c3c2)nc1N[C@H](CO)c1ccccc1. The van der Waals surface area contributed by atoms with Crippen LogP contribution in [0.1, 0.15) is 40.2 Å². The highest BCUT2D eigenvalue weighted by molar-refractivity contribution is 5.94. The highest BCUT2D eigenvalue weighted by Gasteiger charge is 2.20. The van der Waals surface area contributed by atoms with E-state index in [0.29, 0.717) is 16.8 Å². The molecule has 1 atom stereocenters. The number of hydrogen-bond donors (Lipinski definition) is 3. The number of esters is 1. The Hall–Kier alpha value is -4.24. The van der Waals surface area contributed by atoms with Crippen LogP contribution < -0.4 is 16.3 Å². The Bertz CT molecular complexity index is 1420. The normalized spacial score (nSPS) is 11.8. The van der Waals surface area contributed by atoms with Gasteiger partial charge in [0.1, 0.15) is 17.1 Å². The molecule has 4 aromatic rings. The highest BCUT2D eigenvalue weighted by Crippen LogP contribution is 2.26. The summed E-state index contributed by atoms with van der Waals surface area (Å²) in [5, 5.41) is 17.5. The fraction of sp³-hybridized carbons (Fsp3) is 0.231. The van der Waals surface area contributed by atoms with Crippen LogP contribution >= 0.6 is 0 Å². The second-order valence-electron chi connectivity index (χ2n) is 7.92. The molecule has 0 spiro atoms. The number of rotatable bonds is 8. The van der Waals surface area contributed by atoms with Crippen LogP contribution in [0.2, 0.25) is 0 Å². The monoisotopic (exact) mass is 474 g/mol. The molecular formula is C26H26N4O5. The lowest BCUT2D eigenvalue weighted by Gasteiger charge is -2.19. The largest absolute Gasteiger partial charge is 0.462 e. The summed E-state index contributed by atoms with van der Waals surface area (Å²) in [6.07, 6.45) is 1.38. The zero-order valence-corrected chi connectivity index (χ0v) is 19.7. The molecule has 3 N–H and O–H groups in total. The standard InChI is InChI=1S/C26H26N4O5/c1-4-34-24(32)21-13-27-26(30-23(21)29-22(14-31)17-8-6-5-7-9-17)28-18-10-11-19-20(12-18)15(2)16(3)35-25(19)33/h5-13,22,31H,4,14H2,1-3H3,(H2,27,28,29,30)/t22-/m1/s1. The number of aromatic nitrogens is 2. The number of aliphatic hydroxyl groups excluding tert-OH is 1. The maximum atomic E-state index is 12.5. The van der Waals surface area contributed by atoms with Gasteiger partial charge in [-0.25, -0.2) is 14.6 Å². The van der Waals surface area contributed by atoms with Crippen LogP contribution in [0.15, 0.2) is 63.9 Å². The number of nitrogens with zero attached hydrogens (tertiary/aromatic N) is 2. The Labute approximate surface area is 201 Å². The van der Waals surface area contributed by atoms with Gasteiger partial charge >= 0.3 is 11.6 Å². The number of nitrogens with one attached hydrogen (secondary N) is 2. The molecule has 180 valence electrons. The quantitative estimate of drug-likeness (QED) is 0.321. The van der Waals surface area contributed by atoms with E-state index in [1.165, 1.54) is 6.20 Å². The van der Waals surface area contributed by atoms with Gasteiger partial charge in [0, 0.05) is 11.9 Å². The molecular weight excluding hydrogens is 448 g/mol. The van der Waals surface area contributed by atoms with Gasteiger partial charge < -0.3 is 24.9 Å². The zero-order valence-electron chi connectivity index (χ0n) is 19.7. The molecule has 2 aromatic heterocycles. The molecule has 0 unspecified atom stereocenters. The fourth-order valence-electron chi connectivity index (χ4n) is 3.69. The third-order valence-electron chi connectivity index (χ3n) is 5.65. The second-order valence-corrected chi connectivity index (χ2v) is 7.92. The molecule has 9 heteroatoms. The van der Waals surface area contributed by atoms with Crippen LogP contribution in [-0.4, -0.2) is 34.3 Å². The molecule has 0 saturated heterocycles. The van der Waals surface area contributed by atoms with Crippen LogP contribution in [0.3, 0.4) is 0 Å². The van der Waals surface area contributed by atoms with Gasteiger partial charge in [-0.2, -0.15) is 4.98 Å². The number of benzene rings is 2. The molecule has 2 aromatic carbocycles. The van der Waals surface area contributed by atoms with E-state index in [1.807, 2.05) is 43.3 Å². The molecule has 0 radical (unpaired) electrons. The predicted molar refractivity (Wildman–Crippen MR) is 133 cm³/mol. The minimum absolute atomic E-state index is 0.148. The molecule has 0 saturated carbocycles. The Balaban J connectivity index is 1.70. The van der Waals surface area contributed by atoms with Crippen molar-refractivity contribution in [1.29, 1.82) is 0 Å². The molecule has 0 aliphatic carbocycles. The van der Waals surface area contributed by atoms with Crippen molar-refractivity contribution in [3.05, 3.63) is 87.6 Å². The Morgan fingerprint density at radius 1 is 1.14 bits per heavy atom. The lowest BCUT2D eigenvalue weighted by Crippen LogP contribution is -2.19. The molecule has 2 heterocycles. The van der Waals surface area contributed by atoms with E-state index in [1.54, 1.807) is 26.0 Å². The molecule has 0 bridgehead atoms. The first-order chi connectivity index (χ1) is 16.9. The number of anilines is 3. The molecule has 4 rings (SSSR count). The average molecular weight is 475 g/mol. The summed E-state index contributed by atoms with van der Waals surface area (Å²) in [5.41, 5.74) is 2.10. The van der Waals surface area contributed by atoms with Crippen LogP contribution in [0.4, 0.5) is 17.5 Å². The van der Waals surface area contributed by atoms with Gasteiger partial charge in [-0.05, 0) is 55.5 Å². The van der Waals surface area contributed by atoms with Crippen LogP contribution in [0.25, 0.3) is 10.8 Å². The number of carbonyl (C=O) groups excluding carboxylic acids is 1. The predicted octanol–water partition coefficient (Wildman–Crippen LogP) is 4.27. The molecule has 0 fully saturated rings. The number of hydrogen-bond acceptors (Lipinski definition) is 9. The van der Waals surface area contributed by atoms with Gasteiger partial charge in [0.2, 0.25) is 5.95 Å². The Morgan fingerprint density at radius 3 is 2.63 bits per heavy atom. The number of carbonyl (C=O) groups is 1. The van der Waals surface area contributed by atoms with Gasteiger partial charge in [0.25, 0.3) is 0 Å². The fourth-order valence-corrected chi connectivity index (χ4v) is 3.69. The van der Waals surface area contributed by atoms with Gasteiger partial charge in [0.05, 0.1) is 24.6 Å². The van der Waals surface area contributed by atoms with Crippen molar-refractivity contribution in [2.75, 3.05) is 23.8 Å². The van der Waals surface area contributed by atoms with E-state index in [-0.39, 0.29) is 30.5 Å². The van der Waals surface area contributed by atoms with Gasteiger partial charge in [-0.3, -0.25) is 0 Å².